The molecule has 1 atom stereocenters. The van der Waals surface area contributed by atoms with Crippen molar-refractivity contribution in [3.05, 3.63) is 12.2 Å². The van der Waals surface area contributed by atoms with Gasteiger partial charge in [-0.25, -0.2) is 0 Å². The van der Waals surface area contributed by atoms with Gasteiger partial charge in [0.15, 0.2) is 0 Å². The highest BCUT2D eigenvalue weighted by molar-refractivity contribution is 5.69. The summed E-state index contributed by atoms with van der Waals surface area (Å²) < 4.78 is 5.87. The summed E-state index contributed by atoms with van der Waals surface area (Å²) in [7, 11) is 0. The predicted octanol–water partition coefficient (Wildman–Crippen LogP) is 10.7. The molecule has 0 spiro atoms. The van der Waals surface area contributed by atoms with Crippen molar-refractivity contribution in [3.63, 3.8) is 0 Å². The molecule has 218 valence electrons. The lowest BCUT2D eigenvalue weighted by molar-refractivity contribution is -0.147. The molecule has 0 heterocycles. The molecule has 0 rings (SSSR count). The molecule has 1 N–H and O–H groups in total. The lowest BCUT2D eigenvalue weighted by atomic mass is 10.0. The Kier molecular flexibility index (Phi) is 28.2. The Morgan fingerprint density at radius 2 is 1.03 bits per heavy atom. The van der Waals surface area contributed by atoms with Gasteiger partial charge in [0.1, 0.15) is 6.10 Å². The number of unbranched alkanes of at least 4 members (excludes halogenated alkanes) is 20. The van der Waals surface area contributed by atoms with E-state index in [0.29, 0.717) is 6.42 Å². The quantitative estimate of drug-likeness (QED) is 0.0602. The van der Waals surface area contributed by atoms with Crippen molar-refractivity contribution in [2.24, 2.45) is 0 Å². The minimum Gasteiger partial charge on any atom is -0.481 e. The van der Waals surface area contributed by atoms with E-state index < -0.39 is 5.97 Å². The van der Waals surface area contributed by atoms with Gasteiger partial charge in [0.05, 0.1) is 0 Å². The fourth-order valence-electron chi connectivity index (χ4n) is 4.80. The molecule has 0 radical (unpaired) electrons. The standard InChI is InChI=1S/C33H62O4/c1-3-5-7-9-11-13-14-16-22-26-30-33(36)37-31(27-23-19-15-12-10-8-6-4-2)28-24-20-17-18-21-25-29-32(34)35/h23,27,31H,3-22,24-26,28-30H2,1-2H3,(H,34,35)/b27-23-. The summed E-state index contributed by atoms with van der Waals surface area (Å²) in [6, 6.07) is 0. The first-order valence-corrected chi connectivity index (χ1v) is 16.2. The molecule has 0 aromatic carbocycles. The van der Waals surface area contributed by atoms with Crippen LogP contribution in [0, 0.1) is 0 Å². The van der Waals surface area contributed by atoms with Gasteiger partial charge in [-0.15, -0.1) is 0 Å². The average Bonchev–Trinajstić information content (AvgIpc) is 2.87. The number of ether oxygens (including phenoxy) is 1. The van der Waals surface area contributed by atoms with E-state index in [1.165, 1.54) is 89.9 Å². The molecule has 0 bridgehead atoms. The van der Waals surface area contributed by atoms with Crippen LogP contribution in [-0.4, -0.2) is 23.1 Å². The fraction of sp³-hybridized carbons (Fsp3) is 0.879. The summed E-state index contributed by atoms with van der Waals surface area (Å²) in [5.74, 6) is -0.738. The molecule has 0 amide bonds. The van der Waals surface area contributed by atoms with Crippen molar-refractivity contribution in [2.45, 2.75) is 187 Å². The van der Waals surface area contributed by atoms with Crippen molar-refractivity contribution >= 4 is 11.9 Å². The molecule has 0 aromatic rings. The van der Waals surface area contributed by atoms with Crippen molar-refractivity contribution < 1.29 is 19.4 Å². The van der Waals surface area contributed by atoms with Gasteiger partial charge in [0.25, 0.3) is 0 Å². The third kappa shape index (κ3) is 29.1. The molecule has 4 heteroatoms. The third-order valence-electron chi connectivity index (χ3n) is 7.22. The van der Waals surface area contributed by atoms with Crippen molar-refractivity contribution in [3.8, 4) is 0 Å². The molecule has 0 saturated heterocycles. The van der Waals surface area contributed by atoms with Gasteiger partial charge in [-0.3, -0.25) is 9.59 Å². The fourth-order valence-corrected chi connectivity index (χ4v) is 4.80. The summed E-state index contributed by atoms with van der Waals surface area (Å²) in [4.78, 5) is 23.1. The van der Waals surface area contributed by atoms with Gasteiger partial charge in [-0.2, -0.15) is 0 Å². The van der Waals surface area contributed by atoms with E-state index in [1.54, 1.807) is 0 Å². The second-order valence-electron chi connectivity index (χ2n) is 11.0. The van der Waals surface area contributed by atoms with Crippen LogP contribution in [0.5, 0.6) is 0 Å². The first-order chi connectivity index (χ1) is 18.1. The van der Waals surface area contributed by atoms with Gasteiger partial charge in [0.2, 0.25) is 0 Å². The number of allylic oxidation sites excluding steroid dienone is 1. The van der Waals surface area contributed by atoms with E-state index in [0.717, 1.165) is 64.2 Å². The SMILES string of the molecule is CCCCCCCC/C=C\C(CCCCCCCCC(=O)O)OC(=O)CCCCCCCCCCCC. The van der Waals surface area contributed by atoms with E-state index in [9.17, 15) is 9.59 Å². The highest BCUT2D eigenvalue weighted by Crippen LogP contribution is 2.16. The van der Waals surface area contributed by atoms with Crippen molar-refractivity contribution in [1.29, 1.82) is 0 Å². The van der Waals surface area contributed by atoms with E-state index in [1.807, 2.05) is 0 Å². The number of aliphatic carboxylic acids is 1. The zero-order valence-electron chi connectivity index (χ0n) is 24.8. The van der Waals surface area contributed by atoms with Crippen molar-refractivity contribution in [1.82, 2.24) is 0 Å². The number of carbonyl (C=O) groups excluding carboxylic acids is 1. The average molecular weight is 523 g/mol. The maximum absolute atomic E-state index is 12.5. The predicted molar refractivity (Wildman–Crippen MR) is 158 cm³/mol. The maximum atomic E-state index is 12.5. The van der Waals surface area contributed by atoms with Crippen LogP contribution in [0.3, 0.4) is 0 Å². The maximum Gasteiger partial charge on any atom is 0.306 e. The smallest absolute Gasteiger partial charge is 0.306 e. The molecule has 0 aliphatic heterocycles. The van der Waals surface area contributed by atoms with Crippen LogP contribution >= 0.6 is 0 Å². The minimum absolute atomic E-state index is 0.0394. The second-order valence-corrected chi connectivity index (χ2v) is 11.0. The number of rotatable bonds is 29. The van der Waals surface area contributed by atoms with Gasteiger partial charge in [-0.1, -0.05) is 135 Å². The minimum atomic E-state index is -0.699. The molecule has 4 nitrogen and oxygen atoms in total. The third-order valence-corrected chi connectivity index (χ3v) is 7.22. The van der Waals surface area contributed by atoms with E-state index in [4.69, 9.17) is 9.84 Å². The number of carboxylic acid groups (broad SMARTS) is 1. The number of hydrogen-bond acceptors (Lipinski definition) is 3. The van der Waals surface area contributed by atoms with Crippen LogP contribution in [0.1, 0.15) is 181 Å². The zero-order valence-corrected chi connectivity index (χ0v) is 24.8. The Hall–Kier alpha value is -1.32. The number of carboxylic acids is 1. The lowest BCUT2D eigenvalue weighted by Crippen LogP contribution is -2.16. The number of carbonyl (C=O) groups is 2. The van der Waals surface area contributed by atoms with E-state index in [2.05, 4.69) is 26.0 Å². The summed E-state index contributed by atoms with van der Waals surface area (Å²) in [6.45, 7) is 4.51. The molecule has 0 saturated carbocycles. The Labute approximate surface area is 230 Å². The molecular formula is C33H62O4. The van der Waals surface area contributed by atoms with E-state index in [-0.39, 0.29) is 18.5 Å². The molecule has 1 unspecified atom stereocenters. The Morgan fingerprint density at radius 3 is 1.54 bits per heavy atom. The molecular weight excluding hydrogens is 460 g/mol. The number of esters is 1. The van der Waals surface area contributed by atoms with Gasteiger partial charge in [-0.05, 0) is 44.6 Å². The largest absolute Gasteiger partial charge is 0.481 e. The van der Waals surface area contributed by atoms with Crippen LogP contribution in [0.2, 0.25) is 0 Å². The molecule has 0 aromatic heterocycles. The second kappa shape index (κ2) is 29.2. The van der Waals surface area contributed by atoms with Crippen LogP contribution < -0.4 is 0 Å². The summed E-state index contributed by atoms with van der Waals surface area (Å²) in [5.41, 5.74) is 0. The zero-order chi connectivity index (χ0) is 27.2. The first kappa shape index (κ1) is 35.7. The summed E-state index contributed by atoms with van der Waals surface area (Å²) >= 11 is 0. The summed E-state index contributed by atoms with van der Waals surface area (Å²) in [6.07, 6.45) is 33.7. The van der Waals surface area contributed by atoms with Crippen LogP contribution in [0.25, 0.3) is 0 Å². The van der Waals surface area contributed by atoms with E-state index >= 15 is 0 Å². The Morgan fingerprint density at radius 1 is 0.595 bits per heavy atom. The van der Waals surface area contributed by atoms with Crippen LogP contribution in [-0.2, 0) is 14.3 Å². The first-order valence-electron chi connectivity index (χ1n) is 16.2. The van der Waals surface area contributed by atoms with Gasteiger partial charge in [0, 0.05) is 12.8 Å². The normalized spacial score (nSPS) is 12.3. The topological polar surface area (TPSA) is 63.6 Å². The van der Waals surface area contributed by atoms with Crippen molar-refractivity contribution in [2.75, 3.05) is 0 Å². The Balaban J connectivity index is 4.12. The monoisotopic (exact) mass is 522 g/mol. The number of hydrogen-bond donors (Lipinski definition) is 1. The summed E-state index contributed by atoms with van der Waals surface area (Å²) in [5, 5.41) is 8.73. The molecule has 37 heavy (non-hydrogen) atoms. The lowest BCUT2D eigenvalue weighted by Gasteiger charge is -2.15. The molecule has 0 aliphatic rings. The molecule has 0 aliphatic carbocycles. The highest BCUT2D eigenvalue weighted by atomic mass is 16.5. The van der Waals surface area contributed by atoms with Gasteiger partial charge < -0.3 is 9.84 Å². The van der Waals surface area contributed by atoms with Crippen LogP contribution in [0.4, 0.5) is 0 Å². The molecule has 0 fully saturated rings. The Bertz CT molecular complexity index is 528. The van der Waals surface area contributed by atoms with Crippen LogP contribution in [0.15, 0.2) is 12.2 Å². The van der Waals surface area contributed by atoms with Gasteiger partial charge >= 0.3 is 11.9 Å². The highest BCUT2D eigenvalue weighted by Gasteiger charge is 2.11.